The van der Waals surface area contributed by atoms with Gasteiger partial charge in [-0.3, -0.25) is 9.69 Å². The van der Waals surface area contributed by atoms with Gasteiger partial charge in [0.15, 0.2) is 5.17 Å². The highest BCUT2D eigenvalue weighted by atomic mass is 79.9. The predicted octanol–water partition coefficient (Wildman–Crippen LogP) is 6.97. The molecule has 0 saturated carbocycles. The van der Waals surface area contributed by atoms with Crippen molar-refractivity contribution in [2.75, 3.05) is 13.7 Å². The Labute approximate surface area is 212 Å². The van der Waals surface area contributed by atoms with Gasteiger partial charge in [0.2, 0.25) is 0 Å². The molecule has 174 valence electrons. The number of thioether (sulfide) groups is 1. The zero-order valence-electron chi connectivity index (χ0n) is 19.2. The summed E-state index contributed by atoms with van der Waals surface area (Å²) in [7, 11) is 1.63. The average Bonchev–Trinajstić information content (AvgIpc) is 3.13. The smallest absolute Gasteiger partial charge is 0.266 e. The lowest BCUT2D eigenvalue weighted by molar-refractivity contribution is -0.122. The van der Waals surface area contributed by atoms with Crippen LogP contribution in [0.15, 0.2) is 81.1 Å². The SMILES string of the molecule is CCN1C(=O)C(=Cc2cc(Br)ccc2OCc2ccc(C)cc2)SC1=Nc1ccc(OC)cc1. The summed E-state index contributed by atoms with van der Waals surface area (Å²) in [6, 6.07) is 21.5. The Morgan fingerprint density at radius 3 is 2.47 bits per heavy atom. The van der Waals surface area contributed by atoms with Gasteiger partial charge < -0.3 is 9.47 Å². The van der Waals surface area contributed by atoms with Crippen LogP contribution in [0, 0.1) is 6.92 Å². The van der Waals surface area contributed by atoms with Gasteiger partial charge >= 0.3 is 0 Å². The lowest BCUT2D eigenvalue weighted by atomic mass is 10.1. The van der Waals surface area contributed by atoms with E-state index in [1.165, 1.54) is 17.3 Å². The summed E-state index contributed by atoms with van der Waals surface area (Å²) in [5.74, 6) is 1.41. The Kier molecular flexibility index (Phi) is 7.75. The Hall–Kier alpha value is -3.03. The van der Waals surface area contributed by atoms with Crippen LogP contribution in [0.25, 0.3) is 6.08 Å². The summed E-state index contributed by atoms with van der Waals surface area (Å²) in [5.41, 5.74) is 3.89. The number of benzene rings is 3. The maximum Gasteiger partial charge on any atom is 0.266 e. The number of ether oxygens (including phenoxy) is 2. The highest BCUT2D eigenvalue weighted by Crippen LogP contribution is 2.36. The second kappa shape index (κ2) is 10.9. The number of nitrogens with zero attached hydrogens (tertiary/aromatic N) is 2. The van der Waals surface area contributed by atoms with Crippen LogP contribution in [0.2, 0.25) is 0 Å². The molecule has 0 radical (unpaired) electrons. The van der Waals surface area contributed by atoms with E-state index in [2.05, 4.69) is 47.1 Å². The van der Waals surface area contributed by atoms with Crippen molar-refractivity contribution in [3.63, 3.8) is 0 Å². The molecule has 1 fully saturated rings. The first-order valence-corrected chi connectivity index (χ1v) is 12.5. The van der Waals surface area contributed by atoms with Crippen LogP contribution in [0.3, 0.4) is 0 Å². The Morgan fingerprint density at radius 2 is 1.79 bits per heavy atom. The molecule has 0 N–H and O–H groups in total. The van der Waals surface area contributed by atoms with Gasteiger partial charge in [0, 0.05) is 16.6 Å². The zero-order valence-corrected chi connectivity index (χ0v) is 21.7. The number of rotatable bonds is 7. The van der Waals surface area contributed by atoms with Gasteiger partial charge in [-0.15, -0.1) is 0 Å². The number of amidine groups is 1. The molecule has 1 aliphatic rings. The molecule has 5 nitrogen and oxygen atoms in total. The maximum atomic E-state index is 13.1. The number of hydrogen-bond acceptors (Lipinski definition) is 5. The van der Waals surface area contributed by atoms with Crippen LogP contribution < -0.4 is 9.47 Å². The minimum Gasteiger partial charge on any atom is -0.497 e. The van der Waals surface area contributed by atoms with Crippen molar-refractivity contribution in [3.8, 4) is 11.5 Å². The summed E-state index contributed by atoms with van der Waals surface area (Å²) in [5, 5.41) is 0.654. The summed E-state index contributed by atoms with van der Waals surface area (Å²) in [6.07, 6.45) is 1.88. The molecule has 0 unspecified atom stereocenters. The summed E-state index contributed by atoms with van der Waals surface area (Å²) in [6.45, 7) is 4.99. The van der Waals surface area contributed by atoms with E-state index in [9.17, 15) is 4.79 Å². The van der Waals surface area contributed by atoms with Crippen LogP contribution in [-0.2, 0) is 11.4 Å². The van der Waals surface area contributed by atoms with Gasteiger partial charge in [-0.05, 0) is 79.7 Å². The molecule has 0 aliphatic carbocycles. The number of amides is 1. The number of carbonyl (C=O) groups is 1. The third kappa shape index (κ3) is 5.72. The minimum absolute atomic E-state index is 0.0655. The summed E-state index contributed by atoms with van der Waals surface area (Å²) in [4.78, 5) is 20.1. The number of carbonyl (C=O) groups excluding carboxylic acids is 1. The van der Waals surface area contributed by atoms with Crippen molar-refractivity contribution in [1.82, 2.24) is 4.90 Å². The molecule has 3 aromatic carbocycles. The van der Waals surface area contributed by atoms with Gasteiger partial charge in [0.05, 0.1) is 17.7 Å². The normalized spacial score (nSPS) is 15.9. The quantitative estimate of drug-likeness (QED) is 0.306. The molecule has 34 heavy (non-hydrogen) atoms. The number of aliphatic imine (C=N–C) groups is 1. The highest BCUT2D eigenvalue weighted by molar-refractivity contribution is 9.10. The van der Waals surface area contributed by atoms with Crippen molar-refractivity contribution >= 4 is 50.5 Å². The molecule has 4 rings (SSSR count). The number of hydrogen-bond donors (Lipinski definition) is 0. The molecule has 0 aromatic heterocycles. The fourth-order valence-electron chi connectivity index (χ4n) is 3.39. The van der Waals surface area contributed by atoms with Crippen LogP contribution >= 0.6 is 27.7 Å². The van der Waals surface area contributed by atoms with Gasteiger partial charge in [-0.25, -0.2) is 4.99 Å². The molecule has 1 amide bonds. The molecule has 1 heterocycles. The monoisotopic (exact) mass is 536 g/mol. The topological polar surface area (TPSA) is 51.1 Å². The summed E-state index contributed by atoms with van der Waals surface area (Å²) >= 11 is 4.90. The molecule has 7 heteroatoms. The third-order valence-corrected chi connectivity index (χ3v) is 6.77. The van der Waals surface area contributed by atoms with E-state index in [1.54, 1.807) is 12.0 Å². The van der Waals surface area contributed by atoms with E-state index in [1.807, 2.05) is 55.5 Å². The molecule has 1 saturated heterocycles. The summed E-state index contributed by atoms with van der Waals surface area (Å²) < 4.78 is 12.2. The van der Waals surface area contributed by atoms with E-state index in [0.29, 0.717) is 29.0 Å². The maximum absolute atomic E-state index is 13.1. The van der Waals surface area contributed by atoms with Crippen LogP contribution in [0.1, 0.15) is 23.6 Å². The second-order valence-electron chi connectivity index (χ2n) is 7.71. The molecule has 3 aromatic rings. The molecule has 0 spiro atoms. The first-order chi connectivity index (χ1) is 16.5. The van der Waals surface area contributed by atoms with E-state index >= 15 is 0 Å². The zero-order chi connectivity index (χ0) is 24.1. The molecule has 0 atom stereocenters. The standard InChI is InChI=1S/C27H25BrN2O3S/c1-4-30-26(31)25(34-27(30)29-22-10-12-23(32-3)13-11-22)16-20-15-21(28)9-14-24(20)33-17-19-7-5-18(2)6-8-19/h5-16H,4,17H2,1-3H3. The van der Waals surface area contributed by atoms with Crippen molar-refractivity contribution < 1.29 is 14.3 Å². The van der Waals surface area contributed by atoms with Crippen molar-refractivity contribution in [2.24, 2.45) is 4.99 Å². The Balaban J connectivity index is 1.59. The highest BCUT2D eigenvalue weighted by Gasteiger charge is 2.32. The van der Waals surface area contributed by atoms with Gasteiger partial charge in [-0.1, -0.05) is 45.8 Å². The Bertz CT molecular complexity index is 1240. The molecular formula is C27H25BrN2O3S. The largest absolute Gasteiger partial charge is 0.497 e. The first-order valence-electron chi connectivity index (χ1n) is 10.9. The van der Waals surface area contributed by atoms with E-state index < -0.39 is 0 Å². The number of likely N-dealkylation sites (N-methyl/N-ethyl adjacent to an activating group) is 1. The van der Waals surface area contributed by atoms with Gasteiger partial charge in [0.25, 0.3) is 5.91 Å². The number of aryl methyl sites for hydroxylation is 1. The van der Waals surface area contributed by atoms with E-state index in [-0.39, 0.29) is 5.91 Å². The third-order valence-electron chi connectivity index (χ3n) is 5.27. The molecular weight excluding hydrogens is 512 g/mol. The van der Waals surface area contributed by atoms with Gasteiger partial charge in [-0.2, -0.15) is 0 Å². The number of methoxy groups -OCH3 is 1. The lowest BCUT2D eigenvalue weighted by Gasteiger charge is -2.12. The van der Waals surface area contributed by atoms with Crippen molar-refractivity contribution in [1.29, 1.82) is 0 Å². The van der Waals surface area contributed by atoms with Crippen LogP contribution in [0.4, 0.5) is 5.69 Å². The lowest BCUT2D eigenvalue weighted by Crippen LogP contribution is -2.28. The first kappa shape index (κ1) is 24.1. The second-order valence-corrected chi connectivity index (χ2v) is 9.63. The van der Waals surface area contributed by atoms with Gasteiger partial charge in [0.1, 0.15) is 18.1 Å². The molecule has 1 aliphatic heterocycles. The van der Waals surface area contributed by atoms with Crippen molar-refractivity contribution in [2.45, 2.75) is 20.5 Å². The molecule has 0 bridgehead atoms. The van der Waals surface area contributed by atoms with Crippen LogP contribution in [0.5, 0.6) is 11.5 Å². The minimum atomic E-state index is -0.0655. The van der Waals surface area contributed by atoms with E-state index in [4.69, 9.17) is 14.5 Å². The van der Waals surface area contributed by atoms with Crippen molar-refractivity contribution in [3.05, 3.63) is 92.8 Å². The van der Waals surface area contributed by atoms with Crippen LogP contribution in [-0.4, -0.2) is 29.6 Å². The average molecular weight is 537 g/mol. The fraction of sp³-hybridized carbons (Fsp3) is 0.185. The fourth-order valence-corrected chi connectivity index (χ4v) is 4.82. The van der Waals surface area contributed by atoms with E-state index in [0.717, 1.165) is 27.0 Å². The Morgan fingerprint density at radius 1 is 1.06 bits per heavy atom. The predicted molar refractivity (Wildman–Crippen MR) is 143 cm³/mol. The number of halogens is 1.